The van der Waals surface area contributed by atoms with Crippen LogP contribution in [-0.4, -0.2) is 48.1 Å². The monoisotopic (exact) mass is 242 g/mol. The molecule has 0 aromatic heterocycles. The van der Waals surface area contributed by atoms with Gasteiger partial charge in [0.05, 0.1) is 0 Å². The van der Waals surface area contributed by atoms with E-state index < -0.39 is 5.97 Å². The zero-order chi connectivity index (χ0) is 12.8. The lowest BCUT2D eigenvalue weighted by molar-refractivity contribution is -0.137. The van der Waals surface area contributed by atoms with E-state index in [-0.39, 0.29) is 24.3 Å². The average molecular weight is 242 g/mol. The maximum absolute atomic E-state index is 11.5. The fourth-order valence-electron chi connectivity index (χ4n) is 2.32. The second kappa shape index (κ2) is 6.59. The molecular formula is C12H22N2O3. The minimum Gasteiger partial charge on any atom is -0.481 e. The zero-order valence-corrected chi connectivity index (χ0v) is 10.6. The second-order valence-electron chi connectivity index (χ2n) is 4.71. The van der Waals surface area contributed by atoms with Crippen molar-refractivity contribution in [1.82, 2.24) is 10.2 Å². The predicted octanol–water partition coefficient (Wildman–Crippen LogP) is 0.698. The number of carboxylic acids is 1. The van der Waals surface area contributed by atoms with Crippen molar-refractivity contribution in [2.75, 3.05) is 20.1 Å². The van der Waals surface area contributed by atoms with Crippen LogP contribution in [-0.2, 0) is 9.59 Å². The zero-order valence-electron chi connectivity index (χ0n) is 10.6. The third kappa shape index (κ3) is 4.34. The molecule has 0 spiro atoms. The number of aliphatic carboxylic acids is 1. The predicted molar refractivity (Wildman–Crippen MR) is 64.7 cm³/mol. The number of hydrogen-bond donors (Lipinski definition) is 2. The Hall–Kier alpha value is -1.10. The summed E-state index contributed by atoms with van der Waals surface area (Å²) in [4.78, 5) is 24.2. The van der Waals surface area contributed by atoms with Gasteiger partial charge in [-0.25, -0.2) is 0 Å². The number of rotatable bonds is 5. The van der Waals surface area contributed by atoms with Gasteiger partial charge in [0.2, 0.25) is 5.91 Å². The van der Waals surface area contributed by atoms with Crippen LogP contribution in [0.5, 0.6) is 0 Å². The summed E-state index contributed by atoms with van der Waals surface area (Å²) in [5.41, 5.74) is 0. The Bertz CT molecular complexity index is 273. The number of carboxylic acid groups (broad SMARTS) is 1. The molecule has 2 N–H and O–H groups in total. The van der Waals surface area contributed by atoms with E-state index in [1.807, 2.05) is 0 Å². The van der Waals surface area contributed by atoms with Gasteiger partial charge in [-0.05, 0) is 39.3 Å². The molecule has 1 aliphatic rings. The molecule has 0 bridgehead atoms. The molecule has 98 valence electrons. The molecule has 1 heterocycles. The molecule has 0 saturated carbocycles. The molecule has 1 amide bonds. The maximum atomic E-state index is 11.5. The Kier molecular flexibility index (Phi) is 5.41. The Labute approximate surface area is 102 Å². The number of nitrogens with one attached hydrogen (secondary N) is 1. The normalized spacial score (nSPS) is 19.9. The molecule has 1 aliphatic heterocycles. The van der Waals surface area contributed by atoms with E-state index in [4.69, 9.17) is 5.11 Å². The minimum atomic E-state index is -0.739. The number of carbonyl (C=O) groups is 2. The van der Waals surface area contributed by atoms with Gasteiger partial charge in [0.15, 0.2) is 0 Å². The lowest BCUT2D eigenvalue weighted by Gasteiger charge is -2.35. The first-order chi connectivity index (χ1) is 8.04. The van der Waals surface area contributed by atoms with Gasteiger partial charge in [-0.2, -0.15) is 0 Å². The third-order valence-electron chi connectivity index (χ3n) is 3.55. The Morgan fingerprint density at radius 1 is 1.41 bits per heavy atom. The summed E-state index contributed by atoms with van der Waals surface area (Å²) in [6.45, 7) is 3.83. The van der Waals surface area contributed by atoms with Crippen molar-refractivity contribution < 1.29 is 14.7 Å². The number of likely N-dealkylation sites (tertiary alicyclic amines) is 1. The smallest absolute Gasteiger partial charge is 0.303 e. The summed E-state index contributed by atoms with van der Waals surface area (Å²) in [7, 11) is 1.67. The molecular weight excluding hydrogens is 220 g/mol. The van der Waals surface area contributed by atoms with Crippen LogP contribution in [0.3, 0.4) is 0 Å². The summed E-state index contributed by atoms with van der Waals surface area (Å²) in [6.07, 6.45) is 2.64. The van der Waals surface area contributed by atoms with E-state index in [9.17, 15) is 9.59 Å². The molecule has 1 fully saturated rings. The van der Waals surface area contributed by atoms with Crippen LogP contribution in [0.1, 0.15) is 32.6 Å². The summed E-state index contributed by atoms with van der Waals surface area (Å²) in [6, 6.07) is 0.289. The minimum absolute atomic E-state index is 0.128. The van der Waals surface area contributed by atoms with Gasteiger partial charge < -0.3 is 15.3 Å². The quantitative estimate of drug-likeness (QED) is 0.744. The molecule has 1 rings (SSSR count). The van der Waals surface area contributed by atoms with Gasteiger partial charge in [-0.3, -0.25) is 9.59 Å². The fourth-order valence-corrected chi connectivity index (χ4v) is 2.32. The number of amides is 1. The van der Waals surface area contributed by atoms with E-state index in [0.29, 0.717) is 6.42 Å². The fraction of sp³-hybridized carbons (Fsp3) is 0.833. The SMILES string of the molecule is CNC(=O)C1CCN(C(C)CCC(=O)O)CC1. The van der Waals surface area contributed by atoms with Crippen LogP contribution in [0, 0.1) is 5.92 Å². The first kappa shape index (κ1) is 14.0. The average Bonchev–Trinajstić information content (AvgIpc) is 2.35. The van der Waals surface area contributed by atoms with Crippen molar-refractivity contribution in [3.63, 3.8) is 0 Å². The van der Waals surface area contributed by atoms with Crippen molar-refractivity contribution in [3.8, 4) is 0 Å². The van der Waals surface area contributed by atoms with E-state index in [0.717, 1.165) is 25.9 Å². The van der Waals surface area contributed by atoms with Crippen LogP contribution in [0.2, 0.25) is 0 Å². The van der Waals surface area contributed by atoms with Gasteiger partial charge in [-0.15, -0.1) is 0 Å². The Morgan fingerprint density at radius 3 is 2.47 bits per heavy atom. The van der Waals surface area contributed by atoms with Gasteiger partial charge in [0.25, 0.3) is 0 Å². The molecule has 0 aromatic rings. The van der Waals surface area contributed by atoms with Crippen LogP contribution < -0.4 is 5.32 Å². The largest absolute Gasteiger partial charge is 0.481 e. The maximum Gasteiger partial charge on any atom is 0.303 e. The molecule has 5 heteroatoms. The highest BCUT2D eigenvalue weighted by molar-refractivity contribution is 5.78. The number of hydrogen-bond acceptors (Lipinski definition) is 3. The van der Waals surface area contributed by atoms with Crippen molar-refractivity contribution >= 4 is 11.9 Å². The molecule has 0 radical (unpaired) electrons. The van der Waals surface area contributed by atoms with Crippen LogP contribution in [0.4, 0.5) is 0 Å². The highest BCUT2D eigenvalue weighted by Crippen LogP contribution is 2.20. The highest BCUT2D eigenvalue weighted by Gasteiger charge is 2.26. The molecule has 0 aliphatic carbocycles. The van der Waals surface area contributed by atoms with Gasteiger partial charge >= 0.3 is 5.97 Å². The lowest BCUT2D eigenvalue weighted by Crippen LogP contribution is -2.43. The van der Waals surface area contributed by atoms with Crippen molar-refractivity contribution in [2.45, 2.75) is 38.6 Å². The third-order valence-corrected chi connectivity index (χ3v) is 3.55. The molecule has 0 aromatic carbocycles. The second-order valence-corrected chi connectivity index (χ2v) is 4.71. The first-order valence-electron chi connectivity index (χ1n) is 6.22. The van der Waals surface area contributed by atoms with Gasteiger partial charge in [0.1, 0.15) is 0 Å². The lowest BCUT2D eigenvalue weighted by atomic mass is 9.94. The van der Waals surface area contributed by atoms with Gasteiger partial charge in [-0.1, -0.05) is 0 Å². The molecule has 1 saturated heterocycles. The van der Waals surface area contributed by atoms with Crippen LogP contribution in [0.15, 0.2) is 0 Å². The Balaban J connectivity index is 2.30. The van der Waals surface area contributed by atoms with Crippen molar-refractivity contribution in [3.05, 3.63) is 0 Å². The van der Waals surface area contributed by atoms with Crippen LogP contribution >= 0.6 is 0 Å². The summed E-state index contributed by atoms with van der Waals surface area (Å²) < 4.78 is 0. The number of nitrogens with zero attached hydrogens (tertiary/aromatic N) is 1. The Morgan fingerprint density at radius 2 is 2.00 bits per heavy atom. The topological polar surface area (TPSA) is 69.6 Å². The van der Waals surface area contributed by atoms with E-state index in [2.05, 4.69) is 17.1 Å². The van der Waals surface area contributed by atoms with Gasteiger partial charge in [0, 0.05) is 25.4 Å². The van der Waals surface area contributed by atoms with E-state index in [1.165, 1.54) is 0 Å². The number of carbonyl (C=O) groups excluding carboxylic acids is 1. The molecule has 1 atom stereocenters. The summed E-state index contributed by atoms with van der Waals surface area (Å²) in [5.74, 6) is -0.483. The van der Waals surface area contributed by atoms with E-state index >= 15 is 0 Å². The molecule has 1 unspecified atom stereocenters. The van der Waals surface area contributed by atoms with Crippen molar-refractivity contribution in [1.29, 1.82) is 0 Å². The summed E-state index contributed by atoms with van der Waals surface area (Å²) in [5, 5.41) is 11.3. The van der Waals surface area contributed by atoms with E-state index in [1.54, 1.807) is 7.05 Å². The standard InChI is InChI=1S/C12H22N2O3/c1-9(3-4-11(15)16)14-7-5-10(6-8-14)12(17)13-2/h9-10H,3-8H2,1-2H3,(H,13,17)(H,15,16). The van der Waals surface area contributed by atoms with Crippen LogP contribution in [0.25, 0.3) is 0 Å². The molecule has 5 nitrogen and oxygen atoms in total. The molecule has 17 heavy (non-hydrogen) atoms. The number of piperidine rings is 1. The first-order valence-corrected chi connectivity index (χ1v) is 6.22. The van der Waals surface area contributed by atoms with Crippen molar-refractivity contribution in [2.24, 2.45) is 5.92 Å². The summed E-state index contributed by atoms with van der Waals surface area (Å²) >= 11 is 0. The highest BCUT2D eigenvalue weighted by atomic mass is 16.4.